The predicted octanol–water partition coefficient (Wildman–Crippen LogP) is 2.20. The molecule has 5 rings (SSSR count). The fraction of sp³-hybridized carbons (Fsp3) is 0.417. The van der Waals surface area contributed by atoms with Gasteiger partial charge in [0, 0.05) is 64.3 Å². The SMILES string of the molecule is Cn1nccc1C(=O)N1C[C@@H](c2ccnn2C)[C@@]2(CCCN(Cc3ccccc3)C2=O)C1. The highest BCUT2D eigenvalue weighted by Gasteiger charge is 2.57. The van der Waals surface area contributed by atoms with Crippen molar-refractivity contribution in [1.29, 1.82) is 0 Å². The number of nitrogens with zero attached hydrogens (tertiary/aromatic N) is 6. The fourth-order valence-corrected chi connectivity index (χ4v) is 5.45. The van der Waals surface area contributed by atoms with E-state index >= 15 is 0 Å². The van der Waals surface area contributed by atoms with Crippen LogP contribution in [0.2, 0.25) is 0 Å². The average Bonchev–Trinajstić information content (AvgIpc) is 3.51. The molecule has 2 aliphatic heterocycles. The van der Waals surface area contributed by atoms with E-state index in [4.69, 9.17) is 0 Å². The molecule has 32 heavy (non-hydrogen) atoms. The zero-order chi connectivity index (χ0) is 22.3. The maximum Gasteiger partial charge on any atom is 0.272 e. The topological polar surface area (TPSA) is 76.3 Å². The van der Waals surface area contributed by atoms with Gasteiger partial charge in [-0.25, -0.2) is 0 Å². The van der Waals surface area contributed by atoms with Gasteiger partial charge in [-0.3, -0.25) is 19.0 Å². The number of rotatable bonds is 4. The molecule has 0 saturated carbocycles. The number of aryl methyl sites for hydroxylation is 2. The van der Waals surface area contributed by atoms with Crippen molar-refractivity contribution in [2.24, 2.45) is 19.5 Å². The molecule has 0 aliphatic carbocycles. The number of hydrogen-bond acceptors (Lipinski definition) is 4. The molecule has 2 atom stereocenters. The first-order chi connectivity index (χ1) is 15.5. The molecule has 2 fully saturated rings. The van der Waals surface area contributed by atoms with E-state index in [0.717, 1.165) is 30.6 Å². The Hall–Kier alpha value is -3.42. The van der Waals surface area contributed by atoms with Gasteiger partial charge in [-0.05, 0) is 30.5 Å². The van der Waals surface area contributed by atoms with Crippen LogP contribution < -0.4 is 0 Å². The summed E-state index contributed by atoms with van der Waals surface area (Å²) in [6.45, 7) is 2.24. The molecule has 8 heteroatoms. The summed E-state index contributed by atoms with van der Waals surface area (Å²) in [6.07, 6.45) is 5.08. The Labute approximate surface area is 187 Å². The van der Waals surface area contributed by atoms with Crippen LogP contribution in [0.15, 0.2) is 54.9 Å². The van der Waals surface area contributed by atoms with Crippen LogP contribution in [-0.4, -0.2) is 60.8 Å². The first-order valence-corrected chi connectivity index (χ1v) is 11.1. The highest BCUT2D eigenvalue weighted by Crippen LogP contribution is 2.49. The Balaban J connectivity index is 1.50. The van der Waals surface area contributed by atoms with Crippen molar-refractivity contribution in [3.63, 3.8) is 0 Å². The largest absolute Gasteiger partial charge is 0.338 e. The summed E-state index contributed by atoms with van der Waals surface area (Å²) in [5, 5.41) is 8.51. The van der Waals surface area contributed by atoms with Crippen LogP contribution >= 0.6 is 0 Å². The summed E-state index contributed by atoms with van der Waals surface area (Å²) in [4.78, 5) is 31.2. The number of benzene rings is 1. The van der Waals surface area contributed by atoms with Crippen molar-refractivity contribution >= 4 is 11.8 Å². The summed E-state index contributed by atoms with van der Waals surface area (Å²) in [5.74, 6) is -0.0422. The normalized spacial score (nSPS) is 23.3. The molecule has 1 spiro atoms. The number of piperidine rings is 1. The fourth-order valence-electron chi connectivity index (χ4n) is 5.45. The summed E-state index contributed by atoms with van der Waals surface area (Å²) in [6, 6.07) is 13.8. The van der Waals surface area contributed by atoms with Gasteiger partial charge in [-0.2, -0.15) is 10.2 Å². The van der Waals surface area contributed by atoms with Gasteiger partial charge in [0.1, 0.15) is 5.69 Å². The van der Waals surface area contributed by atoms with E-state index in [1.54, 1.807) is 30.2 Å². The highest BCUT2D eigenvalue weighted by atomic mass is 16.2. The van der Waals surface area contributed by atoms with Crippen LogP contribution in [-0.2, 0) is 25.4 Å². The first kappa shape index (κ1) is 20.5. The van der Waals surface area contributed by atoms with E-state index in [9.17, 15) is 9.59 Å². The molecular weight excluding hydrogens is 404 g/mol. The van der Waals surface area contributed by atoms with Crippen LogP contribution in [0.5, 0.6) is 0 Å². The lowest BCUT2D eigenvalue weighted by Gasteiger charge is -2.42. The van der Waals surface area contributed by atoms with Crippen molar-refractivity contribution in [3.05, 3.63) is 71.8 Å². The van der Waals surface area contributed by atoms with Crippen molar-refractivity contribution in [1.82, 2.24) is 29.4 Å². The average molecular weight is 433 g/mol. The summed E-state index contributed by atoms with van der Waals surface area (Å²) >= 11 is 0. The zero-order valence-corrected chi connectivity index (χ0v) is 18.5. The minimum Gasteiger partial charge on any atom is -0.338 e. The molecule has 3 aromatic rings. The standard InChI is InChI=1S/C24H28N6O2/c1-27-20(9-12-25-27)19-16-30(22(31)21-10-13-26-28(21)2)17-24(19)11-6-14-29(23(24)32)15-18-7-4-3-5-8-18/h3-5,7-10,12-13,19H,6,11,14-17H2,1-2H3/t19-,24+/m0/s1. The number of carbonyl (C=O) groups excluding carboxylic acids is 2. The molecular formula is C24H28N6O2. The number of carbonyl (C=O) groups is 2. The second kappa shape index (κ2) is 7.93. The number of amides is 2. The first-order valence-electron chi connectivity index (χ1n) is 11.1. The summed E-state index contributed by atoms with van der Waals surface area (Å²) < 4.78 is 3.44. The third-order valence-corrected chi connectivity index (χ3v) is 7.07. The molecule has 2 amide bonds. The second-order valence-electron chi connectivity index (χ2n) is 8.93. The molecule has 0 bridgehead atoms. The zero-order valence-electron chi connectivity index (χ0n) is 18.5. The van der Waals surface area contributed by atoms with Crippen LogP contribution in [0.25, 0.3) is 0 Å². The molecule has 2 aromatic heterocycles. The van der Waals surface area contributed by atoms with Crippen molar-refractivity contribution in [2.75, 3.05) is 19.6 Å². The lowest BCUT2D eigenvalue weighted by molar-refractivity contribution is -0.147. The second-order valence-corrected chi connectivity index (χ2v) is 8.93. The van der Waals surface area contributed by atoms with E-state index in [-0.39, 0.29) is 17.7 Å². The van der Waals surface area contributed by atoms with E-state index in [1.165, 1.54) is 0 Å². The van der Waals surface area contributed by atoms with Crippen molar-refractivity contribution in [2.45, 2.75) is 25.3 Å². The molecule has 1 aromatic carbocycles. The Morgan fingerprint density at radius 2 is 1.81 bits per heavy atom. The summed E-state index contributed by atoms with van der Waals surface area (Å²) in [7, 11) is 3.68. The summed E-state index contributed by atoms with van der Waals surface area (Å²) in [5.41, 5.74) is 2.01. The smallest absolute Gasteiger partial charge is 0.272 e. The quantitative estimate of drug-likeness (QED) is 0.633. The van der Waals surface area contributed by atoms with Gasteiger partial charge in [-0.1, -0.05) is 30.3 Å². The lowest BCUT2D eigenvalue weighted by atomic mass is 9.70. The van der Waals surface area contributed by atoms with E-state index < -0.39 is 5.41 Å². The number of likely N-dealkylation sites (tertiary alicyclic amines) is 2. The Kier molecular flexibility index (Phi) is 5.07. The maximum atomic E-state index is 14.0. The minimum absolute atomic E-state index is 0.0815. The Bertz CT molecular complexity index is 1140. The van der Waals surface area contributed by atoms with Gasteiger partial charge in [-0.15, -0.1) is 0 Å². The molecule has 166 valence electrons. The third-order valence-electron chi connectivity index (χ3n) is 7.07. The van der Waals surface area contributed by atoms with Crippen LogP contribution in [0.4, 0.5) is 0 Å². The lowest BCUT2D eigenvalue weighted by Crippen LogP contribution is -2.52. The maximum absolute atomic E-state index is 14.0. The predicted molar refractivity (Wildman–Crippen MR) is 119 cm³/mol. The molecule has 0 unspecified atom stereocenters. The van der Waals surface area contributed by atoms with Gasteiger partial charge in [0.25, 0.3) is 5.91 Å². The van der Waals surface area contributed by atoms with Gasteiger partial charge in [0.15, 0.2) is 0 Å². The van der Waals surface area contributed by atoms with Gasteiger partial charge in [0.05, 0.1) is 5.41 Å². The van der Waals surface area contributed by atoms with Crippen LogP contribution in [0.1, 0.15) is 40.5 Å². The molecule has 0 N–H and O–H groups in total. The van der Waals surface area contributed by atoms with E-state index in [0.29, 0.717) is 25.3 Å². The van der Waals surface area contributed by atoms with Gasteiger partial charge < -0.3 is 9.80 Å². The van der Waals surface area contributed by atoms with Gasteiger partial charge in [0.2, 0.25) is 5.91 Å². The molecule has 4 heterocycles. The molecule has 0 radical (unpaired) electrons. The van der Waals surface area contributed by atoms with E-state index in [2.05, 4.69) is 22.3 Å². The Morgan fingerprint density at radius 1 is 1.06 bits per heavy atom. The van der Waals surface area contributed by atoms with E-state index in [1.807, 2.05) is 45.8 Å². The van der Waals surface area contributed by atoms with Crippen LogP contribution in [0, 0.1) is 5.41 Å². The number of aromatic nitrogens is 4. The monoisotopic (exact) mass is 432 g/mol. The van der Waals surface area contributed by atoms with Crippen molar-refractivity contribution in [3.8, 4) is 0 Å². The molecule has 8 nitrogen and oxygen atoms in total. The van der Waals surface area contributed by atoms with Crippen LogP contribution in [0.3, 0.4) is 0 Å². The third kappa shape index (κ3) is 3.30. The molecule has 2 saturated heterocycles. The highest BCUT2D eigenvalue weighted by molar-refractivity contribution is 5.94. The van der Waals surface area contributed by atoms with Gasteiger partial charge >= 0.3 is 0 Å². The Morgan fingerprint density at radius 3 is 2.50 bits per heavy atom. The number of hydrogen-bond donors (Lipinski definition) is 0. The van der Waals surface area contributed by atoms with Crippen molar-refractivity contribution < 1.29 is 9.59 Å². The molecule has 2 aliphatic rings. The minimum atomic E-state index is -0.644.